The van der Waals surface area contributed by atoms with Crippen LogP contribution in [0, 0.1) is 0 Å². The molecule has 2 aromatic rings. The number of pyridine rings is 1. The molecular weight excluding hydrogens is 312 g/mol. The fourth-order valence-corrected chi connectivity index (χ4v) is 4.38. The van der Waals surface area contributed by atoms with Crippen LogP contribution in [-0.2, 0) is 10.0 Å². The van der Waals surface area contributed by atoms with Gasteiger partial charge in [0.05, 0.1) is 4.90 Å². The average molecular weight is 327 g/mol. The van der Waals surface area contributed by atoms with Crippen molar-refractivity contribution in [2.24, 2.45) is 0 Å². The van der Waals surface area contributed by atoms with Gasteiger partial charge in [-0.25, -0.2) is 13.4 Å². The fraction of sp³-hybridized carbons (Fsp3) is 0.385. The van der Waals surface area contributed by atoms with Crippen molar-refractivity contribution in [1.29, 1.82) is 0 Å². The van der Waals surface area contributed by atoms with E-state index in [-0.39, 0.29) is 16.0 Å². The van der Waals surface area contributed by atoms with Gasteiger partial charge in [0.2, 0.25) is 10.0 Å². The first-order chi connectivity index (χ1) is 10.1. The highest BCUT2D eigenvalue weighted by atomic mass is 35.5. The van der Waals surface area contributed by atoms with Crippen LogP contribution in [0.25, 0.3) is 0 Å². The van der Waals surface area contributed by atoms with Crippen molar-refractivity contribution < 1.29 is 8.42 Å². The average Bonchev–Trinajstić information content (AvgIpc) is 3.02. The summed E-state index contributed by atoms with van der Waals surface area (Å²) in [5.74, 6) is 0.147. The van der Waals surface area contributed by atoms with Gasteiger partial charge < -0.3 is 0 Å². The molecule has 1 N–H and O–H groups in total. The van der Waals surface area contributed by atoms with Crippen LogP contribution in [0.2, 0.25) is 5.15 Å². The van der Waals surface area contributed by atoms with Gasteiger partial charge in [0, 0.05) is 37.1 Å². The van der Waals surface area contributed by atoms with Gasteiger partial charge in [-0.05, 0) is 31.0 Å². The van der Waals surface area contributed by atoms with E-state index in [4.69, 9.17) is 11.6 Å². The number of halogens is 1. The second-order valence-electron chi connectivity index (χ2n) is 5.03. The van der Waals surface area contributed by atoms with E-state index in [1.807, 2.05) is 6.07 Å². The molecule has 0 saturated carbocycles. The zero-order chi connectivity index (χ0) is 14.9. The van der Waals surface area contributed by atoms with Crippen LogP contribution in [0.15, 0.2) is 35.5 Å². The van der Waals surface area contributed by atoms with Crippen LogP contribution in [0.1, 0.15) is 24.5 Å². The highest BCUT2D eigenvalue weighted by Crippen LogP contribution is 2.29. The molecule has 0 amide bonds. The lowest BCUT2D eigenvalue weighted by Gasteiger charge is -2.31. The molecular formula is C13H15ClN4O2S. The summed E-state index contributed by atoms with van der Waals surface area (Å²) in [4.78, 5) is 4.01. The Kier molecular flexibility index (Phi) is 3.97. The number of H-pyrrole nitrogens is 1. The molecule has 3 rings (SSSR count). The minimum absolute atomic E-state index is 0.147. The second kappa shape index (κ2) is 5.75. The molecule has 1 aliphatic rings. The Balaban J connectivity index is 1.85. The molecule has 0 aromatic carbocycles. The smallest absolute Gasteiger partial charge is 0.243 e. The monoisotopic (exact) mass is 326 g/mol. The third kappa shape index (κ3) is 2.95. The Morgan fingerprint density at radius 2 is 2.19 bits per heavy atom. The molecule has 0 radical (unpaired) electrons. The van der Waals surface area contributed by atoms with Gasteiger partial charge in [0.15, 0.2) is 0 Å². The molecule has 0 bridgehead atoms. The predicted octanol–water partition coefficient (Wildman–Crippen LogP) is 2.03. The van der Waals surface area contributed by atoms with E-state index in [1.165, 1.54) is 22.6 Å². The Bertz CT molecular complexity index is 718. The van der Waals surface area contributed by atoms with Crippen LogP contribution in [0.3, 0.4) is 0 Å². The first kappa shape index (κ1) is 14.5. The molecule has 6 nitrogen and oxygen atoms in total. The first-order valence-electron chi connectivity index (χ1n) is 6.68. The minimum atomic E-state index is -3.53. The molecule has 8 heteroatoms. The van der Waals surface area contributed by atoms with Crippen molar-refractivity contribution in [3.8, 4) is 0 Å². The highest BCUT2D eigenvalue weighted by Gasteiger charge is 2.31. The quantitative estimate of drug-likeness (QED) is 0.875. The number of aromatic nitrogens is 3. The van der Waals surface area contributed by atoms with Crippen molar-refractivity contribution in [1.82, 2.24) is 19.5 Å². The lowest BCUT2D eigenvalue weighted by atomic mass is 9.96. The van der Waals surface area contributed by atoms with Crippen molar-refractivity contribution in [2.75, 3.05) is 13.1 Å². The summed E-state index contributed by atoms with van der Waals surface area (Å²) in [5.41, 5.74) is 0.975. The number of hydrogen-bond donors (Lipinski definition) is 1. The number of hydrogen-bond acceptors (Lipinski definition) is 4. The van der Waals surface area contributed by atoms with Crippen molar-refractivity contribution in [3.63, 3.8) is 0 Å². The minimum Gasteiger partial charge on any atom is -0.282 e. The maximum absolute atomic E-state index is 12.7. The standard InChI is InChI=1S/C13H15ClN4O2S/c14-13-8-11(3-5-15-13)21(19,20)18-7-1-2-10(9-18)12-4-6-16-17-12/h3-6,8,10H,1-2,7,9H2,(H,16,17). The molecule has 21 heavy (non-hydrogen) atoms. The molecule has 1 atom stereocenters. The molecule has 3 heterocycles. The third-order valence-electron chi connectivity index (χ3n) is 3.68. The first-order valence-corrected chi connectivity index (χ1v) is 8.50. The Morgan fingerprint density at radius 3 is 2.90 bits per heavy atom. The van der Waals surface area contributed by atoms with Crippen LogP contribution in [-0.4, -0.2) is 41.0 Å². The lowest BCUT2D eigenvalue weighted by Crippen LogP contribution is -2.39. The molecule has 1 saturated heterocycles. The Morgan fingerprint density at radius 1 is 1.33 bits per heavy atom. The number of rotatable bonds is 3. The maximum atomic E-state index is 12.7. The van der Waals surface area contributed by atoms with Gasteiger partial charge in [-0.3, -0.25) is 5.10 Å². The number of sulfonamides is 1. The molecule has 1 unspecified atom stereocenters. The van der Waals surface area contributed by atoms with Gasteiger partial charge in [0.25, 0.3) is 0 Å². The molecule has 0 aliphatic carbocycles. The fourth-order valence-electron chi connectivity index (χ4n) is 2.60. The van der Waals surface area contributed by atoms with E-state index in [9.17, 15) is 8.42 Å². The van der Waals surface area contributed by atoms with Crippen LogP contribution in [0.4, 0.5) is 0 Å². The van der Waals surface area contributed by atoms with E-state index in [0.717, 1.165) is 18.5 Å². The topological polar surface area (TPSA) is 79.0 Å². The zero-order valence-electron chi connectivity index (χ0n) is 11.2. The van der Waals surface area contributed by atoms with Crippen LogP contribution in [0.5, 0.6) is 0 Å². The van der Waals surface area contributed by atoms with E-state index in [1.54, 1.807) is 6.20 Å². The number of aromatic amines is 1. The number of nitrogens with one attached hydrogen (secondary N) is 1. The van der Waals surface area contributed by atoms with Crippen molar-refractivity contribution in [3.05, 3.63) is 41.4 Å². The summed E-state index contributed by atoms with van der Waals surface area (Å²) in [6.45, 7) is 0.970. The van der Waals surface area contributed by atoms with Crippen molar-refractivity contribution >= 4 is 21.6 Å². The summed E-state index contributed by atoms with van der Waals surface area (Å²) in [6, 6.07) is 4.75. The van der Waals surface area contributed by atoms with Gasteiger partial charge in [-0.15, -0.1) is 0 Å². The number of piperidine rings is 1. The molecule has 0 spiro atoms. The summed E-state index contributed by atoms with van der Waals surface area (Å²) >= 11 is 5.79. The summed E-state index contributed by atoms with van der Waals surface area (Å²) < 4.78 is 26.8. The second-order valence-corrected chi connectivity index (χ2v) is 7.35. The molecule has 1 fully saturated rings. The van der Waals surface area contributed by atoms with Crippen molar-refractivity contribution in [2.45, 2.75) is 23.7 Å². The van der Waals surface area contributed by atoms with E-state index >= 15 is 0 Å². The van der Waals surface area contributed by atoms with Gasteiger partial charge >= 0.3 is 0 Å². The van der Waals surface area contributed by atoms with Gasteiger partial charge in [-0.1, -0.05) is 11.6 Å². The Labute approximate surface area is 128 Å². The lowest BCUT2D eigenvalue weighted by molar-refractivity contribution is 0.312. The zero-order valence-corrected chi connectivity index (χ0v) is 12.8. The van der Waals surface area contributed by atoms with E-state index in [2.05, 4.69) is 15.2 Å². The maximum Gasteiger partial charge on any atom is 0.243 e. The summed E-state index contributed by atoms with van der Waals surface area (Å²) in [6.07, 6.45) is 4.87. The largest absolute Gasteiger partial charge is 0.282 e. The van der Waals surface area contributed by atoms with Crippen LogP contribution >= 0.6 is 11.6 Å². The summed E-state index contributed by atoms with van der Waals surface area (Å²) in [7, 11) is -3.53. The summed E-state index contributed by atoms with van der Waals surface area (Å²) in [5, 5.41) is 7.04. The Hall–Kier alpha value is -1.44. The van der Waals surface area contributed by atoms with Gasteiger partial charge in [0.1, 0.15) is 5.15 Å². The predicted molar refractivity (Wildman–Crippen MR) is 78.6 cm³/mol. The molecule has 1 aliphatic heterocycles. The van der Waals surface area contributed by atoms with E-state index < -0.39 is 10.0 Å². The molecule has 2 aromatic heterocycles. The SMILES string of the molecule is O=S(=O)(c1ccnc(Cl)c1)N1CCCC(c2ccn[nH]2)C1. The van der Waals surface area contributed by atoms with Crippen LogP contribution < -0.4 is 0 Å². The normalized spacial score (nSPS) is 20.5. The highest BCUT2D eigenvalue weighted by molar-refractivity contribution is 7.89. The third-order valence-corrected chi connectivity index (χ3v) is 5.75. The van der Waals surface area contributed by atoms with E-state index in [0.29, 0.717) is 13.1 Å². The van der Waals surface area contributed by atoms with Gasteiger partial charge in [-0.2, -0.15) is 9.40 Å². The number of nitrogens with zero attached hydrogens (tertiary/aromatic N) is 3. The molecule has 112 valence electrons.